The molecule has 2 aromatic rings. The Morgan fingerprint density at radius 2 is 1.67 bits per heavy atom. The second-order valence-electron chi connectivity index (χ2n) is 8.71. The molecule has 0 radical (unpaired) electrons. The molecular weight excluding hydrogens is 428 g/mol. The third kappa shape index (κ3) is 5.26. The van der Waals surface area contributed by atoms with E-state index < -0.39 is 12.1 Å². The van der Waals surface area contributed by atoms with Crippen molar-refractivity contribution < 1.29 is 14.6 Å². The molecule has 27 heavy (non-hydrogen) atoms. The van der Waals surface area contributed by atoms with Gasteiger partial charge in [-0.2, -0.15) is 0 Å². The number of benzene rings is 2. The number of hydrogen-bond acceptors (Lipinski definition) is 2. The van der Waals surface area contributed by atoms with Crippen molar-refractivity contribution in [2.45, 2.75) is 58.5 Å². The minimum Gasteiger partial charge on any atom is -0.478 e. The highest BCUT2D eigenvalue weighted by atomic mass is 79.9. The molecule has 0 heterocycles. The Balaban J connectivity index is 2.58. The van der Waals surface area contributed by atoms with Crippen LogP contribution in [0.2, 0.25) is 5.02 Å². The van der Waals surface area contributed by atoms with Crippen LogP contribution in [0, 0.1) is 0 Å². The van der Waals surface area contributed by atoms with Gasteiger partial charge in [-0.25, -0.2) is 4.79 Å². The summed E-state index contributed by atoms with van der Waals surface area (Å²) < 4.78 is 6.52. The first kappa shape index (κ1) is 21.8. The van der Waals surface area contributed by atoms with E-state index in [1.165, 1.54) is 0 Å². The minimum absolute atomic E-state index is 0.0304. The van der Waals surface area contributed by atoms with Gasteiger partial charge in [0, 0.05) is 10.6 Å². The average molecular weight is 454 g/mol. The summed E-state index contributed by atoms with van der Waals surface area (Å²) in [4.78, 5) is 12.1. The fourth-order valence-corrected chi connectivity index (χ4v) is 3.62. The molecule has 0 saturated carbocycles. The molecule has 0 aliphatic heterocycles. The van der Waals surface area contributed by atoms with Crippen LogP contribution >= 0.6 is 27.5 Å². The fourth-order valence-electron chi connectivity index (χ4n) is 2.85. The van der Waals surface area contributed by atoms with Crippen molar-refractivity contribution in [3.05, 3.63) is 62.6 Å². The summed E-state index contributed by atoms with van der Waals surface area (Å²) in [6.07, 6.45) is -1.12. The third-order valence-electron chi connectivity index (χ3n) is 4.37. The fraction of sp³-hybridized carbons (Fsp3) is 0.409. The van der Waals surface area contributed by atoms with Gasteiger partial charge in [-0.15, -0.1) is 0 Å². The van der Waals surface area contributed by atoms with E-state index in [-0.39, 0.29) is 10.8 Å². The second kappa shape index (κ2) is 7.84. The first-order valence-corrected chi connectivity index (χ1v) is 9.97. The van der Waals surface area contributed by atoms with E-state index in [4.69, 9.17) is 16.3 Å². The number of hydrogen-bond donors (Lipinski definition) is 1. The molecular formula is C22H26BrClO3. The number of rotatable bonds is 4. The van der Waals surface area contributed by atoms with Gasteiger partial charge in [-0.05, 0) is 56.1 Å². The summed E-state index contributed by atoms with van der Waals surface area (Å²) in [5, 5.41) is 10.4. The zero-order valence-corrected chi connectivity index (χ0v) is 18.9. The minimum atomic E-state index is -1.12. The lowest BCUT2D eigenvalue weighted by molar-refractivity contribution is -0.145. The van der Waals surface area contributed by atoms with Crippen molar-refractivity contribution in [2.75, 3.05) is 0 Å². The predicted molar refractivity (Wildman–Crippen MR) is 114 cm³/mol. The Bertz CT molecular complexity index is 848. The summed E-state index contributed by atoms with van der Waals surface area (Å²) in [6.45, 7) is 12.7. The molecule has 1 atom stereocenters. The molecule has 0 unspecified atom stereocenters. The molecule has 2 aromatic carbocycles. The Morgan fingerprint density at radius 1 is 1.04 bits per heavy atom. The number of halogens is 2. The predicted octanol–water partition coefficient (Wildman–Crippen LogP) is 6.90. The summed E-state index contributed by atoms with van der Waals surface area (Å²) in [5.74, 6) is -0.600. The van der Waals surface area contributed by atoms with Crippen LogP contribution in [0.15, 0.2) is 40.9 Å². The molecule has 0 fully saturated rings. The number of aliphatic carboxylic acids is 1. The summed E-state index contributed by atoms with van der Waals surface area (Å²) in [5.41, 5.74) is 2.52. The first-order chi connectivity index (χ1) is 12.3. The van der Waals surface area contributed by atoms with Crippen molar-refractivity contribution >= 4 is 33.5 Å². The lowest BCUT2D eigenvalue weighted by Crippen LogP contribution is -2.25. The van der Waals surface area contributed by atoms with E-state index in [0.29, 0.717) is 20.8 Å². The Morgan fingerprint density at radius 3 is 2.15 bits per heavy atom. The van der Waals surface area contributed by atoms with Crippen molar-refractivity contribution in [3.63, 3.8) is 0 Å². The van der Waals surface area contributed by atoms with E-state index in [1.807, 2.05) is 12.1 Å². The molecule has 0 spiro atoms. The van der Waals surface area contributed by atoms with E-state index in [1.54, 1.807) is 18.2 Å². The van der Waals surface area contributed by atoms with Crippen LogP contribution in [0.1, 0.15) is 64.3 Å². The molecule has 3 nitrogen and oxygen atoms in total. The lowest BCUT2D eigenvalue weighted by Gasteiger charge is -2.29. The summed E-state index contributed by atoms with van der Waals surface area (Å²) in [7, 11) is 0. The van der Waals surface area contributed by atoms with Crippen LogP contribution in [-0.4, -0.2) is 11.1 Å². The Labute approximate surface area is 174 Å². The average Bonchev–Trinajstić information content (AvgIpc) is 2.51. The Hall–Kier alpha value is -1.52. The molecule has 0 aliphatic rings. The van der Waals surface area contributed by atoms with Gasteiger partial charge < -0.3 is 9.84 Å². The van der Waals surface area contributed by atoms with Crippen molar-refractivity contribution in [2.24, 2.45) is 0 Å². The number of carboxylic acids is 1. The number of ether oxygens (including phenoxy) is 1. The van der Waals surface area contributed by atoms with Crippen LogP contribution in [-0.2, 0) is 15.6 Å². The van der Waals surface area contributed by atoms with Crippen LogP contribution in [0.4, 0.5) is 0 Å². The van der Waals surface area contributed by atoms with E-state index in [9.17, 15) is 9.90 Å². The molecule has 0 amide bonds. The molecule has 0 aromatic heterocycles. The molecule has 2 rings (SSSR count). The molecule has 5 heteroatoms. The normalized spacial score (nSPS) is 13.3. The monoisotopic (exact) mass is 452 g/mol. The van der Waals surface area contributed by atoms with Gasteiger partial charge in [0.15, 0.2) is 0 Å². The lowest BCUT2D eigenvalue weighted by atomic mass is 9.77. The highest BCUT2D eigenvalue weighted by molar-refractivity contribution is 9.10. The largest absolute Gasteiger partial charge is 0.478 e. The first-order valence-electron chi connectivity index (χ1n) is 8.80. The maximum atomic E-state index is 12.1. The smallest absolute Gasteiger partial charge is 0.349 e. The van der Waals surface area contributed by atoms with Crippen LogP contribution < -0.4 is 4.74 Å². The van der Waals surface area contributed by atoms with Gasteiger partial charge in [-0.1, -0.05) is 71.3 Å². The Kier molecular flexibility index (Phi) is 6.33. The molecule has 0 aliphatic carbocycles. The van der Waals surface area contributed by atoms with Gasteiger partial charge in [0.25, 0.3) is 0 Å². The standard InChI is InChI=1S/C22H26BrClO3/c1-21(2,3)13-7-9-15(16(11-13)22(4,5)6)19(20(25)26)27-18-10-8-14(24)12-17(18)23/h7-12,19H,1-6H3,(H,25,26)/t19-/m0/s1. The summed E-state index contributed by atoms with van der Waals surface area (Å²) >= 11 is 9.37. The SMILES string of the molecule is CC(C)(C)c1ccc([C@H](Oc2ccc(Cl)cc2Br)C(=O)O)c(C(C)(C)C)c1. The summed E-state index contributed by atoms with van der Waals surface area (Å²) in [6, 6.07) is 11.0. The van der Waals surface area contributed by atoms with E-state index in [0.717, 1.165) is 11.1 Å². The van der Waals surface area contributed by atoms with Crippen LogP contribution in [0.5, 0.6) is 5.75 Å². The number of carboxylic acid groups (broad SMARTS) is 1. The zero-order valence-electron chi connectivity index (χ0n) is 16.6. The maximum Gasteiger partial charge on any atom is 0.349 e. The maximum absolute atomic E-state index is 12.1. The highest BCUT2D eigenvalue weighted by Gasteiger charge is 2.31. The van der Waals surface area contributed by atoms with Crippen LogP contribution in [0.25, 0.3) is 0 Å². The van der Waals surface area contributed by atoms with Crippen molar-refractivity contribution in [3.8, 4) is 5.75 Å². The van der Waals surface area contributed by atoms with Gasteiger partial charge >= 0.3 is 5.97 Å². The quantitative estimate of drug-likeness (QED) is 0.547. The van der Waals surface area contributed by atoms with E-state index in [2.05, 4.69) is 63.5 Å². The van der Waals surface area contributed by atoms with Gasteiger partial charge in [0.05, 0.1) is 4.47 Å². The van der Waals surface area contributed by atoms with Gasteiger partial charge in [-0.3, -0.25) is 0 Å². The van der Waals surface area contributed by atoms with Crippen molar-refractivity contribution in [1.82, 2.24) is 0 Å². The molecule has 0 saturated heterocycles. The third-order valence-corrected chi connectivity index (χ3v) is 5.23. The molecule has 1 N–H and O–H groups in total. The van der Waals surface area contributed by atoms with Gasteiger partial charge in [0.1, 0.15) is 5.75 Å². The molecule has 146 valence electrons. The zero-order chi connectivity index (χ0) is 20.6. The van der Waals surface area contributed by atoms with Gasteiger partial charge in [0.2, 0.25) is 6.10 Å². The van der Waals surface area contributed by atoms with E-state index >= 15 is 0 Å². The van der Waals surface area contributed by atoms with Crippen LogP contribution in [0.3, 0.4) is 0 Å². The topological polar surface area (TPSA) is 46.5 Å². The second-order valence-corrected chi connectivity index (χ2v) is 10.0. The number of carbonyl (C=O) groups is 1. The molecule has 0 bridgehead atoms. The highest BCUT2D eigenvalue weighted by Crippen LogP contribution is 2.37. The van der Waals surface area contributed by atoms with Crippen molar-refractivity contribution in [1.29, 1.82) is 0 Å².